The van der Waals surface area contributed by atoms with Crippen molar-refractivity contribution in [2.24, 2.45) is 0 Å². The van der Waals surface area contributed by atoms with Gasteiger partial charge in [0, 0.05) is 0 Å². The molecule has 0 aliphatic heterocycles. The van der Waals surface area contributed by atoms with E-state index in [1.165, 1.54) is 0 Å². The van der Waals surface area contributed by atoms with Crippen LogP contribution in [-0.2, 0) is 0 Å². The van der Waals surface area contributed by atoms with Crippen LogP contribution in [0.2, 0.25) is 6.55 Å². The second kappa shape index (κ2) is 1.23. The van der Waals surface area contributed by atoms with Crippen LogP contribution in [0, 0.1) is 0 Å². The lowest BCUT2D eigenvalue weighted by atomic mass is 11.9. The van der Waals surface area contributed by atoms with Crippen molar-refractivity contribution >= 4 is 14.8 Å². The number of hydrogen-bond donors (Lipinski definition) is 1. The highest BCUT2D eigenvalue weighted by Crippen LogP contribution is 1.38. The second-order valence-corrected chi connectivity index (χ2v) is 2.21. The van der Waals surface area contributed by atoms with Gasteiger partial charge in [-0.15, -0.1) is 0 Å². The molecule has 0 spiro atoms. The lowest BCUT2D eigenvalue weighted by molar-refractivity contribution is 0.605. The molecular weight excluding hydrogens is 68.1 g/mol. The fraction of sp³-hybridized carbons (Fsp3) is 0.500. The molecular formula is C2H6OSi. The number of rotatable bonds is 0. The minimum atomic E-state index is -1.13. The zero-order valence-electron chi connectivity index (χ0n) is 2.65. The largest absolute Gasteiger partial charge is 0.566 e. The highest BCUT2D eigenvalue weighted by Gasteiger charge is 1.60. The minimum absolute atomic E-state index is 1.13. The first-order valence-corrected chi connectivity index (χ1v) is 3.23. The zero-order chi connectivity index (χ0) is 3.58. The molecule has 0 saturated carbocycles. The van der Waals surface area contributed by atoms with E-state index in [1.807, 2.05) is 0 Å². The van der Waals surface area contributed by atoms with Crippen LogP contribution in [0.3, 0.4) is 0 Å². The summed E-state index contributed by atoms with van der Waals surface area (Å²) < 4.78 is 0. The highest BCUT2D eigenvalue weighted by molar-refractivity contribution is 6.52. The molecule has 0 radical (unpaired) electrons. The maximum absolute atomic E-state index is 8.05. The zero-order valence-corrected chi connectivity index (χ0v) is 3.65. The molecule has 0 bridgehead atoms. The van der Waals surface area contributed by atoms with Gasteiger partial charge in [0.25, 0.3) is 0 Å². The molecule has 0 saturated heterocycles. The third kappa shape index (κ3) is 116. The van der Waals surface area contributed by atoms with Gasteiger partial charge in [-0.3, -0.25) is 0 Å². The predicted octanol–water partition coefficient (Wildman–Crippen LogP) is -0.386. The maximum atomic E-state index is 8.05. The Balaban J connectivity index is 2.80. The molecule has 0 aromatic heterocycles. The molecule has 0 aromatic carbocycles. The van der Waals surface area contributed by atoms with E-state index in [0.29, 0.717) is 0 Å². The van der Waals surface area contributed by atoms with Crippen molar-refractivity contribution < 1.29 is 4.80 Å². The molecule has 0 aromatic rings. The van der Waals surface area contributed by atoms with Crippen molar-refractivity contribution in [2.45, 2.75) is 6.55 Å². The first kappa shape index (κ1) is 3.89. The van der Waals surface area contributed by atoms with Crippen LogP contribution in [0.15, 0.2) is 0 Å². The van der Waals surface area contributed by atoms with E-state index in [0.717, 1.165) is 0 Å². The Morgan fingerprint density at radius 3 is 2.00 bits per heavy atom. The summed E-state index contributed by atoms with van der Waals surface area (Å²) in [6.45, 7) is 1.71. The summed E-state index contributed by atoms with van der Waals surface area (Å²) in [5.74, 6) is 0. The Morgan fingerprint density at radius 1 is 2.00 bits per heavy atom. The van der Waals surface area contributed by atoms with Crippen molar-refractivity contribution in [1.29, 1.82) is 0 Å². The van der Waals surface area contributed by atoms with Crippen LogP contribution >= 0.6 is 0 Å². The summed E-state index contributed by atoms with van der Waals surface area (Å²) in [5.41, 5.74) is 0. The van der Waals surface area contributed by atoms with E-state index in [2.05, 4.69) is 6.17 Å². The van der Waals surface area contributed by atoms with Crippen LogP contribution in [0.5, 0.6) is 0 Å². The van der Waals surface area contributed by atoms with Crippen molar-refractivity contribution in [3.63, 3.8) is 0 Å². The van der Waals surface area contributed by atoms with Gasteiger partial charge in [0.2, 0.25) is 8.65 Å². The first-order chi connectivity index (χ1) is 1.73. The van der Waals surface area contributed by atoms with Gasteiger partial charge >= 0.3 is 0 Å². The van der Waals surface area contributed by atoms with Gasteiger partial charge in [-0.05, 0) is 6.55 Å². The van der Waals surface area contributed by atoms with E-state index in [-0.39, 0.29) is 0 Å². The van der Waals surface area contributed by atoms with Gasteiger partial charge in [0.05, 0.1) is 0 Å². The molecule has 0 fully saturated rings. The van der Waals surface area contributed by atoms with Crippen molar-refractivity contribution in [2.75, 3.05) is 0 Å². The normalized spacial score (nSPS) is 6.25. The Kier molecular flexibility index (Phi) is 1.20. The Labute approximate surface area is 27.2 Å². The molecule has 0 rings (SSSR count). The molecule has 1 nitrogen and oxygen atoms in total. The average molecular weight is 74.2 g/mol. The Morgan fingerprint density at radius 2 is 2.00 bits per heavy atom. The van der Waals surface area contributed by atoms with Gasteiger partial charge in [-0.1, -0.05) is 6.17 Å². The van der Waals surface area contributed by atoms with Gasteiger partial charge in [0.15, 0.2) is 0 Å². The van der Waals surface area contributed by atoms with E-state index in [4.69, 9.17) is 4.80 Å². The Hall–Kier alpha value is -0.113. The van der Waals surface area contributed by atoms with Crippen molar-refractivity contribution in [1.82, 2.24) is 0 Å². The summed E-state index contributed by atoms with van der Waals surface area (Å²) in [6.07, 6.45) is 3.30. The lowest BCUT2D eigenvalue weighted by Crippen LogP contribution is -1.84. The smallest absolute Gasteiger partial charge is 0.217 e. The van der Waals surface area contributed by atoms with Gasteiger partial charge in [-0.25, -0.2) is 0 Å². The van der Waals surface area contributed by atoms with Crippen LogP contribution in [0.4, 0.5) is 0 Å². The van der Waals surface area contributed by atoms with E-state index in [9.17, 15) is 0 Å². The first-order valence-electron chi connectivity index (χ1n) is 1.08. The molecule has 2 heteroatoms. The Bertz CT molecular complexity index is 29.0. The predicted molar refractivity (Wildman–Crippen MR) is 21.0 cm³/mol. The van der Waals surface area contributed by atoms with Crippen molar-refractivity contribution in [3.05, 3.63) is 0 Å². The van der Waals surface area contributed by atoms with Crippen LogP contribution in [0.25, 0.3) is 0 Å². The molecule has 0 atom stereocenters. The average Bonchev–Trinajstić information content (AvgIpc) is 0.811. The fourth-order valence-electron chi connectivity index (χ4n) is 0. The fourth-order valence-corrected chi connectivity index (χ4v) is 0. The third-order valence-corrected chi connectivity index (χ3v) is 0. The maximum Gasteiger partial charge on any atom is 0.217 e. The summed E-state index contributed by atoms with van der Waals surface area (Å²) in [5, 5.41) is 0. The monoisotopic (exact) mass is 74.0 g/mol. The third-order valence-electron chi connectivity index (χ3n) is 0. The minimum Gasteiger partial charge on any atom is -0.566 e. The summed E-state index contributed by atoms with van der Waals surface area (Å²) >= 11 is 0. The van der Waals surface area contributed by atoms with Crippen molar-refractivity contribution in [3.8, 4) is 0 Å². The van der Waals surface area contributed by atoms with E-state index in [1.54, 1.807) is 6.55 Å². The summed E-state index contributed by atoms with van der Waals surface area (Å²) in [7, 11) is -1.13. The molecule has 1 N–H and O–H groups in total. The van der Waals surface area contributed by atoms with E-state index >= 15 is 0 Å². The summed E-state index contributed by atoms with van der Waals surface area (Å²) in [4.78, 5) is 8.05. The molecule has 24 valence electrons. The molecule has 0 aliphatic carbocycles. The second-order valence-electron chi connectivity index (χ2n) is 0.735. The summed E-state index contributed by atoms with van der Waals surface area (Å²) in [6, 6.07) is 0. The molecule has 0 aliphatic rings. The van der Waals surface area contributed by atoms with Gasteiger partial charge in [0.1, 0.15) is 0 Å². The molecule has 0 unspecified atom stereocenters. The molecule has 0 amide bonds. The standard InChI is InChI=1S/C2H6OSi/c1-4(2)3/h3H,1H2,2H3. The quantitative estimate of drug-likeness (QED) is 0.388. The van der Waals surface area contributed by atoms with Gasteiger partial charge in [-0.2, -0.15) is 0 Å². The van der Waals surface area contributed by atoms with Crippen LogP contribution in [-0.4, -0.2) is 19.6 Å². The van der Waals surface area contributed by atoms with Crippen LogP contribution in [0.1, 0.15) is 0 Å². The molecule has 4 heavy (non-hydrogen) atoms. The SMILES string of the molecule is C=[Si](C)O. The van der Waals surface area contributed by atoms with Crippen LogP contribution < -0.4 is 0 Å². The number of hydrogen-bond acceptors (Lipinski definition) is 1. The highest BCUT2D eigenvalue weighted by atomic mass is 28.3. The molecule has 0 heterocycles. The lowest BCUT2D eigenvalue weighted by Gasteiger charge is -1.64. The topological polar surface area (TPSA) is 20.2 Å². The van der Waals surface area contributed by atoms with Gasteiger partial charge < -0.3 is 4.80 Å². The van der Waals surface area contributed by atoms with E-state index < -0.39 is 8.65 Å².